The molecule has 1 aliphatic rings. The van der Waals surface area contributed by atoms with E-state index in [9.17, 15) is 25.2 Å². The molecule has 0 aromatic carbocycles. The Labute approximate surface area is 364 Å². The van der Waals surface area contributed by atoms with E-state index in [4.69, 9.17) is 18.9 Å². The highest BCUT2D eigenvalue weighted by atomic mass is 16.7. The smallest absolute Gasteiger partial charge is 0.306 e. The largest absolute Gasteiger partial charge is 0.457 e. The summed E-state index contributed by atoms with van der Waals surface area (Å²) in [5, 5.41) is 40.1. The van der Waals surface area contributed by atoms with Crippen LogP contribution in [0.5, 0.6) is 0 Å². The van der Waals surface area contributed by atoms with Crippen LogP contribution in [-0.2, 0) is 23.7 Å². The van der Waals surface area contributed by atoms with Crippen molar-refractivity contribution in [3.05, 3.63) is 109 Å². The maximum absolute atomic E-state index is 12.8. The lowest BCUT2D eigenvalue weighted by Gasteiger charge is -2.39. The van der Waals surface area contributed by atoms with Gasteiger partial charge in [-0.3, -0.25) is 4.79 Å². The number of hydrogen-bond acceptors (Lipinski definition) is 9. The lowest BCUT2D eigenvalue weighted by Crippen LogP contribution is -2.59. The van der Waals surface area contributed by atoms with Crippen LogP contribution in [0.25, 0.3) is 0 Å². The Morgan fingerprint density at radius 2 is 1.02 bits per heavy atom. The summed E-state index contributed by atoms with van der Waals surface area (Å²) in [6.45, 7) is 4.25. The van der Waals surface area contributed by atoms with E-state index in [2.05, 4.69) is 123 Å². The molecule has 0 aromatic rings. The SMILES string of the molecule is CC/C=C\C/C=C\C/C=C\C/C=C\C/C=C\C/C=C\C/C=C\CCCC(=O)OC(COCCCCCCCC/C=C\C/C=C\CCC)COC1OC(CO)C(O)C(O)C1O. The average molecular weight is 839 g/mol. The van der Waals surface area contributed by atoms with Crippen LogP contribution in [0, 0.1) is 0 Å². The maximum atomic E-state index is 12.8. The number of rotatable bonds is 37. The molecule has 0 saturated carbocycles. The molecule has 0 aromatic heterocycles. The number of aliphatic hydroxyl groups excluding tert-OH is 4. The topological polar surface area (TPSA) is 135 Å². The summed E-state index contributed by atoms with van der Waals surface area (Å²) in [6, 6.07) is 0. The van der Waals surface area contributed by atoms with Gasteiger partial charge in [0.15, 0.2) is 6.29 Å². The fourth-order valence-corrected chi connectivity index (χ4v) is 6.10. The third kappa shape index (κ3) is 31.7. The van der Waals surface area contributed by atoms with Crippen LogP contribution in [0.2, 0.25) is 0 Å². The number of carbonyl (C=O) groups is 1. The predicted octanol–water partition coefficient (Wildman–Crippen LogP) is 10.6. The average Bonchev–Trinajstić information content (AvgIpc) is 3.25. The molecule has 1 saturated heterocycles. The highest BCUT2D eigenvalue weighted by Crippen LogP contribution is 2.22. The molecule has 0 aliphatic carbocycles. The van der Waals surface area contributed by atoms with Gasteiger partial charge >= 0.3 is 5.97 Å². The summed E-state index contributed by atoms with van der Waals surface area (Å²) in [7, 11) is 0. The summed E-state index contributed by atoms with van der Waals surface area (Å²) in [4.78, 5) is 12.8. The first-order valence-corrected chi connectivity index (χ1v) is 23.0. The zero-order chi connectivity index (χ0) is 43.6. The predicted molar refractivity (Wildman–Crippen MR) is 246 cm³/mol. The van der Waals surface area contributed by atoms with Gasteiger partial charge in [-0.05, 0) is 89.9 Å². The Morgan fingerprint density at radius 1 is 0.550 bits per heavy atom. The third-order valence-corrected chi connectivity index (χ3v) is 9.65. The molecule has 340 valence electrons. The molecule has 0 radical (unpaired) electrons. The molecule has 4 N–H and O–H groups in total. The van der Waals surface area contributed by atoms with Gasteiger partial charge in [0.1, 0.15) is 30.5 Å². The van der Waals surface area contributed by atoms with Crippen LogP contribution in [0.1, 0.15) is 142 Å². The first kappa shape index (κ1) is 54.9. The van der Waals surface area contributed by atoms with Crippen molar-refractivity contribution < 1.29 is 44.2 Å². The monoisotopic (exact) mass is 839 g/mol. The van der Waals surface area contributed by atoms with Crippen molar-refractivity contribution in [2.24, 2.45) is 0 Å². The molecule has 0 bridgehead atoms. The third-order valence-electron chi connectivity index (χ3n) is 9.65. The van der Waals surface area contributed by atoms with Crippen LogP contribution in [0.15, 0.2) is 109 Å². The maximum Gasteiger partial charge on any atom is 0.306 e. The quantitative estimate of drug-likeness (QED) is 0.0274. The number of aliphatic hydroxyl groups is 4. The van der Waals surface area contributed by atoms with Crippen molar-refractivity contribution in [3.8, 4) is 0 Å². The fraction of sp³-hybridized carbons (Fsp3) is 0.627. The Kier molecular flexibility index (Phi) is 37.7. The Balaban J connectivity index is 2.33. The number of allylic oxidation sites excluding steroid dienone is 18. The molecule has 1 fully saturated rings. The molecule has 9 nitrogen and oxygen atoms in total. The number of ether oxygens (including phenoxy) is 4. The van der Waals surface area contributed by atoms with E-state index in [1.165, 1.54) is 25.7 Å². The van der Waals surface area contributed by atoms with Crippen molar-refractivity contribution in [2.45, 2.75) is 179 Å². The van der Waals surface area contributed by atoms with E-state index >= 15 is 0 Å². The van der Waals surface area contributed by atoms with Crippen molar-refractivity contribution in [1.82, 2.24) is 0 Å². The number of unbranched alkanes of at least 4 members (excludes halogenated alkanes) is 8. The number of carbonyl (C=O) groups excluding carboxylic acids is 1. The van der Waals surface area contributed by atoms with Gasteiger partial charge in [0.25, 0.3) is 0 Å². The first-order chi connectivity index (χ1) is 29.4. The molecule has 9 heteroatoms. The normalized spacial score (nSPS) is 21.1. The second-order valence-electron chi connectivity index (χ2n) is 15.1. The van der Waals surface area contributed by atoms with Crippen molar-refractivity contribution in [2.75, 3.05) is 26.4 Å². The minimum Gasteiger partial charge on any atom is -0.457 e. The van der Waals surface area contributed by atoms with Crippen LogP contribution in [0.3, 0.4) is 0 Å². The van der Waals surface area contributed by atoms with E-state index in [0.29, 0.717) is 13.0 Å². The Bertz CT molecular complexity index is 1270. The van der Waals surface area contributed by atoms with Gasteiger partial charge < -0.3 is 39.4 Å². The van der Waals surface area contributed by atoms with E-state index in [1.807, 2.05) is 0 Å². The van der Waals surface area contributed by atoms with Crippen LogP contribution >= 0.6 is 0 Å². The molecule has 0 spiro atoms. The van der Waals surface area contributed by atoms with Gasteiger partial charge in [-0.25, -0.2) is 0 Å². The minimum atomic E-state index is -1.56. The van der Waals surface area contributed by atoms with Gasteiger partial charge in [-0.1, -0.05) is 155 Å². The molecule has 1 heterocycles. The standard InChI is InChI=1S/C51H82O9/c1-3-5-7-9-11-13-15-17-19-20-21-22-23-24-25-26-27-28-30-32-34-36-38-40-47(53)59-45(44-58-51-50(56)49(55)48(54)46(42-52)60-51)43-57-41-39-37-35-33-31-29-18-16-14-12-10-8-6-4-2/h5,7-8,10-11,13-14,16-17,19,21-22,24-25,27-28,32,34,45-46,48-52,54-56H,3-4,6,9,12,15,18,20,23,26,29-31,33,35-44H2,1-2H3/b7-5-,10-8-,13-11-,16-14-,19-17-,22-21-,25-24-,28-27-,34-32-. The highest BCUT2D eigenvalue weighted by Gasteiger charge is 2.44. The van der Waals surface area contributed by atoms with Gasteiger partial charge in [-0.2, -0.15) is 0 Å². The van der Waals surface area contributed by atoms with E-state index in [0.717, 1.165) is 89.9 Å². The summed E-state index contributed by atoms with van der Waals surface area (Å²) < 4.78 is 22.7. The molecular weight excluding hydrogens is 757 g/mol. The molecular formula is C51H82O9. The lowest BCUT2D eigenvalue weighted by molar-refractivity contribution is -0.305. The van der Waals surface area contributed by atoms with Crippen molar-refractivity contribution >= 4 is 5.97 Å². The number of hydrogen-bond donors (Lipinski definition) is 4. The minimum absolute atomic E-state index is 0.106. The first-order valence-electron chi connectivity index (χ1n) is 23.0. The van der Waals surface area contributed by atoms with Crippen LogP contribution in [0.4, 0.5) is 0 Å². The molecule has 1 rings (SSSR count). The van der Waals surface area contributed by atoms with Crippen LogP contribution in [-0.4, -0.2) is 89.6 Å². The zero-order valence-corrected chi connectivity index (χ0v) is 37.2. The molecule has 6 atom stereocenters. The van der Waals surface area contributed by atoms with Gasteiger partial charge in [-0.15, -0.1) is 0 Å². The van der Waals surface area contributed by atoms with Gasteiger partial charge in [0, 0.05) is 13.0 Å². The summed E-state index contributed by atoms with van der Waals surface area (Å²) in [5.74, 6) is -0.380. The summed E-state index contributed by atoms with van der Waals surface area (Å²) in [6.07, 6.45) is 51.2. The van der Waals surface area contributed by atoms with Crippen molar-refractivity contribution in [3.63, 3.8) is 0 Å². The lowest BCUT2D eigenvalue weighted by atomic mass is 9.99. The van der Waals surface area contributed by atoms with E-state index in [1.54, 1.807) is 0 Å². The molecule has 6 unspecified atom stereocenters. The molecule has 60 heavy (non-hydrogen) atoms. The Hall–Kier alpha value is -3.15. The van der Waals surface area contributed by atoms with Gasteiger partial charge in [0.05, 0.1) is 19.8 Å². The molecule has 0 amide bonds. The summed E-state index contributed by atoms with van der Waals surface area (Å²) in [5.41, 5.74) is 0. The van der Waals surface area contributed by atoms with E-state index < -0.39 is 43.4 Å². The highest BCUT2D eigenvalue weighted by molar-refractivity contribution is 5.69. The van der Waals surface area contributed by atoms with Gasteiger partial charge in [0.2, 0.25) is 0 Å². The second kappa shape index (κ2) is 41.2. The van der Waals surface area contributed by atoms with E-state index in [-0.39, 0.29) is 25.6 Å². The second-order valence-corrected chi connectivity index (χ2v) is 15.1. The molecule has 1 aliphatic heterocycles. The number of esters is 1. The fourth-order valence-electron chi connectivity index (χ4n) is 6.10. The zero-order valence-electron chi connectivity index (χ0n) is 37.2. The van der Waals surface area contributed by atoms with Crippen LogP contribution < -0.4 is 0 Å². The van der Waals surface area contributed by atoms with Crippen molar-refractivity contribution in [1.29, 1.82) is 0 Å². The summed E-state index contributed by atoms with van der Waals surface area (Å²) >= 11 is 0. The Morgan fingerprint density at radius 3 is 1.53 bits per heavy atom.